The van der Waals surface area contributed by atoms with Crippen molar-refractivity contribution in [1.29, 1.82) is 0 Å². The van der Waals surface area contributed by atoms with E-state index in [9.17, 15) is 9.18 Å². The minimum Gasteiger partial charge on any atom is -0.384 e. The highest BCUT2D eigenvalue weighted by molar-refractivity contribution is 5.96. The number of nitrogens with one attached hydrogen (secondary N) is 1. The van der Waals surface area contributed by atoms with E-state index in [2.05, 4.69) is 15.6 Å². The van der Waals surface area contributed by atoms with Crippen molar-refractivity contribution in [1.82, 2.24) is 15.1 Å². The molecule has 8 heteroatoms. The first kappa shape index (κ1) is 15.5. The van der Waals surface area contributed by atoms with E-state index < -0.39 is 0 Å². The highest BCUT2D eigenvalue weighted by Gasteiger charge is 2.04. The fourth-order valence-electron chi connectivity index (χ4n) is 1.62. The maximum absolute atomic E-state index is 12.7. The van der Waals surface area contributed by atoms with Crippen molar-refractivity contribution in [3.05, 3.63) is 53.6 Å². The number of carbonyl (C=O) groups is 1. The molecule has 0 spiro atoms. The molecule has 0 unspecified atom stereocenters. The predicted octanol–water partition coefficient (Wildman–Crippen LogP) is 0.512. The second-order valence-electron chi connectivity index (χ2n) is 4.56. The molecule has 1 amide bonds. The Bertz CT molecular complexity index is 666. The summed E-state index contributed by atoms with van der Waals surface area (Å²) >= 11 is 0. The van der Waals surface area contributed by atoms with Crippen molar-refractivity contribution in [3.63, 3.8) is 0 Å². The van der Waals surface area contributed by atoms with Gasteiger partial charge in [0.15, 0.2) is 12.4 Å². The van der Waals surface area contributed by atoms with E-state index in [4.69, 9.17) is 10.6 Å². The number of hydrogen-bond acceptors (Lipinski definition) is 4. The molecule has 1 aromatic carbocycles. The van der Waals surface area contributed by atoms with Crippen LogP contribution in [0.2, 0.25) is 0 Å². The van der Waals surface area contributed by atoms with Crippen LogP contribution < -0.4 is 11.1 Å². The van der Waals surface area contributed by atoms with Gasteiger partial charge >= 0.3 is 0 Å². The zero-order valence-corrected chi connectivity index (χ0v) is 12.0. The van der Waals surface area contributed by atoms with Crippen LogP contribution in [-0.2, 0) is 23.2 Å². The molecule has 0 saturated carbocycles. The predicted molar refractivity (Wildman–Crippen MR) is 78.1 cm³/mol. The minimum absolute atomic E-state index is 0.138. The molecule has 3 N–H and O–H groups in total. The molecule has 0 saturated heterocycles. The summed E-state index contributed by atoms with van der Waals surface area (Å²) < 4.78 is 14.3. The second kappa shape index (κ2) is 7.21. The number of nitrogens with two attached hydrogens (primary N) is 1. The van der Waals surface area contributed by atoms with Crippen LogP contribution in [0.15, 0.2) is 41.8 Å². The largest absolute Gasteiger partial charge is 0.384 e. The average Bonchev–Trinajstić information content (AvgIpc) is 2.93. The molecular weight excluding hydrogens is 289 g/mol. The van der Waals surface area contributed by atoms with Crippen molar-refractivity contribution in [2.24, 2.45) is 17.9 Å². The first-order valence-corrected chi connectivity index (χ1v) is 6.50. The van der Waals surface area contributed by atoms with E-state index in [0.717, 1.165) is 5.56 Å². The quantitative estimate of drug-likeness (QED) is 0.462. The van der Waals surface area contributed by atoms with Gasteiger partial charge in [0.25, 0.3) is 5.91 Å². The maximum Gasteiger partial charge on any atom is 0.261 e. The van der Waals surface area contributed by atoms with Crippen LogP contribution in [0.25, 0.3) is 0 Å². The molecule has 0 aliphatic carbocycles. The fourth-order valence-corrected chi connectivity index (χ4v) is 1.62. The topological polar surface area (TPSA) is 94.5 Å². The van der Waals surface area contributed by atoms with Gasteiger partial charge in [-0.3, -0.25) is 9.48 Å². The Hall–Kier alpha value is -2.90. The van der Waals surface area contributed by atoms with E-state index in [1.54, 1.807) is 30.1 Å². The number of rotatable bonds is 6. The summed E-state index contributed by atoms with van der Waals surface area (Å²) in [6.07, 6.45) is 3.22. The summed E-state index contributed by atoms with van der Waals surface area (Å²) in [6.45, 7) is 0.0203. The van der Waals surface area contributed by atoms with Gasteiger partial charge in [-0.2, -0.15) is 5.10 Å². The Morgan fingerprint density at radius 3 is 2.82 bits per heavy atom. The maximum atomic E-state index is 12.7. The highest BCUT2D eigenvalue weighted by Crippen LogP contribution is 2.02. The molecular formula is C14H16FN5O2. The van der Waals surface area contributed by atoms with Gasteiger partial charge in [0.2, 0.25) is 0 Å². The van der Waals surface area contributed by atoms with Gasteiger partial charge in [-0.05, 0) is 17.7 Å². The minimum atomic E-state index is -0.355. The smallest absolute Gasteiger partial charge is 0.261 e. The van der Waals surface area contributed by atoms with E-state index >= 15 is 0 Å². The highest BCUT2D eigenvalue weighted by atomic mass is 19.1. The van der Waals surface area contributed by atoms with E-state index in [1.807, 2.05) is 0 Å². The lowest BCUT2D eigenvalue weighted by atomic mass is 10.2. The third kappa shape index (κ3) is 4.58. The Morgan fingerprint density at radius 1 is 1.45 bits per heavy atom. The zero-order valence-electron chi connectivity index (χ0n) is 12.0. The molecule has 0 atom stereocenters. The number of benzene rings is 1. The average molecular weight is 305 g/mol. The van der Waals surface area contributed by atoms with Crippen LogP contribution in [0.3, 0.4) is 0 Å². The van der Waals surface area contributed by atoms with E-state index in [0.29, 0.717) is 5.56 Å². The molecule has 0 radical (unpaired) electrons. The van der Waals surface area contributed by atoms with Gasteiger partial charge in [0.1, 0.15) is 5.82 Å². The molecule has 0 bridgehead atoms. The number of amidine groups is 1. The standard InChI is InChI=1S/C14H16FN5O2/c1-20-8-11(7-18-20)14(16)19-22-9-13(21)17-6-10-2-4-12(15)5-3-10/h2-5,7-8H,6,9H2,1H3,(H2,16,19)(H,17,21). The third-order valence-electron chi connectivity index (χ3n) is 2.76. The number of aryl methyl sites for hydroxylation is 1. The molecule has 1 heterocycles. The number of oxime groups is 1. The van der Waals surface area contributed by atoms with Gasteiger partial charge in [-0.15, -0.1) is 0 Å². The molecule has 2 rings (SSSR count). The molecule has 2 aromatic rings. The van der Waals surface area contributed by atoms with Crippen LogP contribution in [0, 0.1) is 5.82 Å². The molecule has 1 aromatic heterocycles. The summed E-state index contributed by atoms with van der Waals surface area (Å²) in [6, 6.07) is 5.85. The van der Waals surface area contributed by atoms with Crippen LogP contribution in [-0.4, -0.2) is 28.1 Å². The van der Waals surface area contributed by atoms with Gasteiger partial charge in [-0.1, -0.05) is 17.3 Å². The number of nitrogens with zero attached hydrogens (tertiary/aromatic N) is 3. The number of hydrogen-bond donors (Lipinski definition) is 2. The fraction of sp³-hybridized carbons (Fsp3) is 0.214. The molecule has 22 heavy (non-hydrogen) atoms. The molecule has 0 aliphatic heterocycles. The SMILES string of the molecule is Cn1cc(/C(N)=N/OCC(=O)NCc2ccc(F)cc2)cn1. The molecule has 7 nitrogen and oxygen atoms in total. The van der Waals surface area contributed by atoms with Gasteiger partial charge in [0.05, 0.1) is 11.8 Å². The summed E-state index contributed by atoms with van der Waals surface area (Å²) in [5.74, 6) is -0.537. The Balaban J connectivity index is 1.74. The van der Waals surface area contributed by atoms with E-state index in [1.165, 1.54) is 18.3 Å². The molecule has 0 fully saturated rings. The first-order valence-electron chi connectivity index (χ1n) is 6.50. The van der Waals surface area contributed by atoms with Gasteiger partial charge < -0.3 is 15.9 Å². The Morgan fingerprint density at radius 2 is 2.18 bits per heavy atom. The third-order valence-corrected chi connectivity index (χ3v) is 2.76. The number of amides is 1. The van der Waals surface area contributed by atoms with Crippen LogP contribution in [0.5, 0.6) is 0 Å². The lowest BCUT2D eigenvalue weighted by Gasteiger charge is -2.04. The lowest BCUT2D eigenvalue weighted by molar-refractivity contribution is -0.125. The van der Waals surface area contributed by atoms with Gasteiger partial charge in [-0.25, -0.2) is 4.39 Å². The molecule has 116 valence electrons. The van der Waals surface area contributed by atoms with Gasteiger partial charge in [0, 0.05) is 19.8 Å². The summed E-state index contributed by atoms with van der Waals surface area (Å²) in [4.78, 5) is 16.5. The zero-order chi connectivity index (χ0) is 15.9. The van der Waals surface area contributed by atoms with Crippen LogP contribution in [0.4, 0.5) is 4.39 Å². The summed E-state index contributed by atoms with van der Waals surface area (Å²) in [5, 5.41) is 10.2. The van der Waals surface area contributed by atoms with Crippen molar-refractivity contribution in [3.8, 4) is 0 Å². The first-order chi connectivity index (χ1) is 10.5. The van der Waals surface area contributed by atoms with Crippen molar-refractivity contribution in [2.45, 2.75) is 6.54 Å². The van der Waals surface area contributed by atoms with Crippen LogP contribution in [0.1, 0.15) is 11.1 Å². The van der Waals surface area contributed by atoms with Crippen molar-refractivity contribution in [2.75, 3.05) is 6.61 Å². The monoisotopic (exact) mass is 305 g/mol. The summed E-state index contributed by atoms with van der Waals surface area (Å²) in [5.41, 5.74) is 7.07. The Kier molecular flexibility index (Phi) is 5.07. The summed E-state index contributed by atoms with van der Waals surface area (Å²) in [7, 11) is 1.75. The number of aromatic nitrogens is 2. The van der Waals surface area contributed by atoms with Crippen molar-refractivity contribution < 1.29 is 14.0 Å². The Labute approximate surface area is 126 Å². The number of carbonyl (C=O) groups excluding carboxylic acids is 1. The lowest BCUT2D eigenvalue weighted by Crippen LogP contribution is -2.27. The van der Waals surface area contributed by atoms with Crippen LogP contribution >= 0.6 is 0 Å². The number of halogens is 1. The van der Waals surface area contributed by atoms with E-state index in [-0.39, 0.29) is 30.7 Å². The molecule has 0 aliphatic rings. The van der Waals surface area contributed by atoms with Crippen molar-refractivity contribution >= 4 is 11.7 Å². The second-order valence-corrected chi connectivity index (χ2v) is 4.56. The normalized spacial score (nSPS) is 11.3.